The summed E-state index contributed by atoms with van der Waals surface area (Å²) in [5.41, 5.74) is 2.13. The minimum absolute atomic E-state index is 0.199. The molecule has 0 amide bonds. The zero-order valence-corrected chi connectivity index (χ0v) is 16.9. The number of nitrogens with one attached hydrogen (secondary N) is 2. The number of hydrogen-bond acceptors (Lipinski definition) is 4. The van der Waals surface area contributed by atoms with Crippen molar-refractivity contribution in [3.63, 3.8) is 0 Å². The van der Waals surface area contributed by atoms with Gasteiger partial charge in [-0.1, -0.05) is 23.7 Å². The van der Waals surface area contributed by atoms with Crippen LogP contribution in [0.4, 0.5) is 5.69 Å². The predicted octanol–water partition coefficient (Wildman–Crippen LogP) is 3.71. The van der Waals surface area contributed by atoms with Crippen molar-refractivity contribution in [1.29, 1.82) is 0 Å². The van der Waals surface area contributed by atoms with Crippen molar-refractivity contribution in [3.8, 4) is 5.75 Å². The van der Waals surface area contributed by atoms with Gasteiger partial charge in [0.1, 0.15) is 5.75 Å². The lowest BCUT2D eigenvalue weighted by Crippen LogP contribution is -2.44. The number of ether oxygens (including phenoxy) is 2. The number of thiocarbonyl (C=S) groups is 1. The Hall–Kier alpha value is -1.86. The molecule has 1 heterocycles. The molecule has 2 aromatic rings. The van der Waals surface area contributed by atoms with Gasteiger partial charge in [0.15, 0.2) is 5.11 Å². The average molecular weight is 406 g/mol. The van der Waals surface area contributed by atoms with Crippen molar-refractivity contribution >= 4 is 34.6 Å². The Labute approximate surface area is 170 Å². The van der Waals surface area contributed by atoms with Crippen molar-refractivity contribution in [2.45, 2.75) is 6.04 Å². The van der Waals surface area contributed by atoms with E-state index in [0.29, 0.717) is 16.7 Å². The first-order valence-electron chi connectivity index (χ1n) is 8.92. The fourth-order valence-electron chi connectivity index (χ4n) is 3.07. The molecule has 1 aliphatic heterocycles. The molecule has 0 radical (unpaired) electrons. The van der Waals surface area contributed by atoms with E-state index in [1.165, 1.54) is 5.56 Å². The summed E-state index contributed by atoms with van der Waals surface area (Å²) < 4.78 is 10.8. The number of morpholine rings is 1. The molecule has 1 saturated heterocycles. The molecule has 0 unspecified atom stereocenters. The Morgan fingerprint density at radius 2 is 1.81 bits per heavy atom. The lowest BCUT2D eigenvalue weighted by molar-refractivity contribution is 0.0170. The van der Waals surface area contributed by atoms with Gasteiger partial charge in [-0.15, -0.1) is 0 Å². The normalized spacial score (nSPS) is 15.8. The van der Waals surface area contributed by atoms with E-state index in [0.717, 1.165) is 37.7 Å². The zero-order valence-electron chi connectivity index (χ0n) is 15.3. The molecule has 1 aliphatic rings. The third kappa shape index (κ3) is 5.81. The molecule has 1 fully saturated rings. The molecule has 0 aliphatic carbocycles. The summed E-state index contributed by atoms with van der Waals surface area (Å²) >= 11 is 11.4. The van der Waals surface area contributed by atoms with Crippen LogP contribution in [0.15, 0.2) is 48.5 Å². The van der Waals surface area contributed by atoms with Gasteiger partial charge < -0.3 is 20.1 Å². The number of benzene rings is 2. The first-order chi connectivity index (χ1) is 13.2. The van der Waals surface area contributed by atoms with Crippen molar-refractivity contribution < 1.29 is 9.47 Å². The highest BCUT2D eigenvalue weighted by Gasteiger charge is 2.22. The fraction of sp³-hybridized carbons (Fsp3) is 0.350. The van der Waals surface area contributed by atoms with Gasteiger partial charge in [0, 0.05) is 30.3 Å². The van der Waals surface area contributed by atoms with Gasteiger partial charge >= 0.3 is 0 Å². The Morgan fingerprint density at radius 3 is 2.44 bits per heavy atom. The van der Waals surface area contributed by atoms with Gasteiger partial charge in [-0.2, -0.15) is 0 Å². The number of hydrogen-bond donors (Lipinski definition) is 2. The van der Waals surface area contributed by atoms with Gasteiger partial charge in [-0.3, -0.25) is 4.90 Å². The van der Waals surface area contributed by atoms with E-state index in [4.69, 9.17) is 33.3 Å². The molecule has 27 heavy (non-hydrogen) atoms. The highest BCUT2D eigenvalue weighted by molar-refractivity contribution is 7.80. The van der Waals surface area contributed by atoms with Crippen LogP contribution in [0.5, 0.6) is 5.75 Å². The van der Waals surface area contributed by atoms with Gasteiger partial charge in [-0.05, 0) is 54.2 Å². The van der Waals surface area contributed by atoms with Crippen molar-refractivity contribution in [1.82, 2.24) is 10.2 Å². The monoisotopic (exact) mass is 405 g/mol. The van der Waals surface area contributed by atoms with Crippen LogP contribution < -0.4 is 15.4 Å². The Kier molecular flexibility index (Phi) is 7.29. The molecule has 2 N–H and O–H groups in total. The van der Waals surface area contributed by atoms with E-state index in [1.807, 2.05) is 36.4 Å². The molecular weight excluding hydrogens is 382 g/mol. The minimum Gasteiger partial charge on any atom is -0.497 e. The molecule has 5 nitrogen and oxygen atoms in total. The number of anilines is 1. The first kappa shape index (κ1) is 19.9. The molecule has 0 spiro atoms. The first-order valence-corrected chi connectivity index (χ1v) is 9.70. The number of halogens is 1. The van der Waals surface area contributed by atoms with E-state index in [9.17, 15) is 0 Å². The maximum atomic E-state index is 5.93. The Bertz CT molecular complexity index is 734. The minimum atomic E-state index is 0.199. The van der Waals surface area contributed by atoms with E-state index in [-0.39, 0.29) is 6.04 Å². The maximum Gasteiger partial charge on any atom is 0.170 e. The standard InChI is InChI=1S/C20H24ClN3O2S/c1-25-18-8-2-15(3-9-18)19(24-10-12-26-13-11-24)14-22-20(27)23-17-6-4-16(21)5-7-17/h2-9,19H,10-14H2,1H3,(H2,22,23,27)/t19-/m0/s1. The Morgan fingerprint density at radius 1 is 1.15 bits per heavy atom. The summed E-state index contributed by atoms with van der Waals surface area (Å²) in [6.45, 7) is 4.00. The molecule has 0 bridgehead atoms. The summed E-state index contributed by atoms with van der Waals surface area (Å²) in [5, 5.41) is 7.83. The van der Waals surface area contributed by atoms with E-state index >= 15 is 0 Å². The molecule has 144 valence electrons. The maximum absolute atomic E-state index is 5.93. The number of methoxy groups -OCH3 is 1. The number of rotatable bonds is 6. The molecule has 1 atom stereocenters. The van der Waals surface area contributed by atoms with E-state index in [2.05, 4.69) is 27.7 Å². The van der Waals surface area contributed by atoms with Crippen molar-refractivity contribution in [3.05, 3.63) is 59.1 Å². The summed E-state index contributed by atoms with van der Waals surface area (Å²) in [7, 11) is 1.68. The third-order valence-electron chi connectivity index (χ3n) is 4.55. The summed E-state index contributed by atoms with van der Waals surface area (Å²) in [4.78, 5) is 2.42. The largest absolute Gasteiger partial charge is 0.497 e. The lowest BCUT2D eigenvalue weighted by atomic mass is 10.0. The average Bonchev–Trinajstić information content (AvgIpc) is 2.71. The van der Waals surface area contributed by atoms with Crippen LogP contribution in [-0.4, -0.2) is 50.0 Å². The van der Waals surface area contributed by atoms with E-state index < -0.39 is 0 Å². The molecule has 0 aromatic heterocycles. The van der Waals surface area contributed by atoms with Crippen LogP contribution in [0.1, 0.15) is 11.6 Å². The summed E-state index contributed by atoms with van der Waals surface area (Å²) in [6, 6.07) is 15.9. The summed E-state index contributed by atoms with van der Waals surface area (Å²) in [5.74, 6) is 0.854. The molecule has 3 rings (SSSR count). The van der Waals surface area contributed by atoms with Gasteiger partial charge in [0.2, 0.25) is 0 Å². The molecule has 7 heteroatoms. The second-order valence-corrected chi connectivity index (χ2v) is 7.12. The van der Waals surface area contributed by atoms with Gasteiger partial charge in [0.05, 0.1) is 26.4 Å². The smallest absolute Gasteiger partial charge is 0.170 e. The molecule has 2 aromatic carbocycles. The van der Waals surface area contributed by atoms with Crippen LogP contribution in [-0.2, 0) is 4.74 Å². The highest BCUT2D eigenvalue weighted by Crippen LogP contribution is 2.23. The predicted molar refractivity (Wildman–Crippen MR) is 114 cm³/mol. The van der Waals surface area contributed by atoms with Gasteiger partial charge in [0.25, 0.3) is 0 Å². The second kappa shape index (κ2) is 9.90. The van der Waals surface area contributed by atoms with Crippen LogP contribution in [0.2, 0.25) is 5.02 Å². The van der Waals surface area contributed by atoms with Crippen LogP contribution in [0.3, 0.4) is 0 Å². The zero-order chi connectivity index (χ0) is 19.1. The third-order valence-corrected chi connectivity index (χ3v) is 5.04. The topological polar surface area (TPSA) is 45.8 Å². The van der Waals surface area contributed by atoms with Crippen LogP contribution in [0, 0.1) is 0 Å². The van der Waals surface area contributed by atoms with Crippen LogP contribution >= 0.6 is 23.8 Å². The van der Waals surface area contributed by atoms with Crippen molar-refractivity contribution in [2.75, 3.05) is 45.3 Å². The lowest BCUT2D eigenvalue weighted by Gasteiger charge is -2.35. The highest BCUT2D eigenvalue weighted by atomic mass is 35.5. The van der Waals surface area contributed by atoms with E-state index in [1.54, 1.807) is 7.11 Å². The molecular formula is C20H24ClN3O2S. The van der Waals surface area contributed by atoms with Crippen molar-refractivity contribution in [2.24, 2.45) is 0 Å². The quantitative estimate of drug-likeness (QED) is 0.714. The number of nitrogens with zero attached hydrogens (tertiary/aromatic N) is 1. The Balaban J connectivity index is 1.64. The van der Waals surface area contributed by atoms with Gasteiger partial charge in [-0.25, -0.2) is 0 Å². The fourth-order valence-corrected chi connectivity index (χ4v) is 3.40. The SMILES string of the molecule is COc1ccc([C@H](CNC(=S)Nc2ccc(Cl)cc2)N2CCOCC2)cc1. The second-order valence-electron chi connectivity index (χ2n) is 6.28. The van der Waals surface area contributed by atoms with Crippen LogP contribution in [0.25, 0.3) is 0 Å². The molecule has 0 saturated carbocycles. The summed E-state index contributed by atoms with van der Waals surface area (Å²) in [6.07, 6.45) is 0.